The molecule has 2 aromatic heterocycles. The molecule has 6 nitrogen and oxygen atoms in total. The van der Waals surface area contributed by atoms with E-state index in [0.29, 0.717) is 0 Å². The van der Waals surface area contributed by atoms with E-state index in [1.165, 1.54) is 5.69 Å². The van der Waals surface area contributed by atoms with Crippen LogP contribution in [0.15, 0.2) is 58.9 Å². The van der Waals surface area contributed by atoms with Gasteiger partial charge in [0.25, 0.3) is 5.65 Å². The van der Waals surface area contributed by atoms with Crippen molar-refractivity contribution in [3.63, 3.8) is 0 Å². The van der Waals surface area contributed by atoms with Gasteiger partial charge in [0.15, 0.2) is 5.69 Å². The molecule has 0 saturated carbocycles. The smallest absolute Gasteiger partial charge is 0.286 e. The normalized spacial score (nSPS) is 11.6. The Morgan fingerprint density at radius 2 is 1.76 bits per heavy atom. The van der Waals surface area contributed by atoms with Crippen molar-refractivity contribution in [2.24, 2.45) is 28.7 Å². The molecule has 2 heterocycles. The van der Waals surface area contributed by atoms with E-state index in [1.807, 2.05) is 24.3 Å². The number of hydrogen-bond donors (Lipinski definition) is 2. The molecule has 3 aromatic rings. The number of imidazole rings is 1. The van der Waals surface area contributed by atoms with Crippen LogP contribution >= 0.6 is 0 Å². The zero-order valence-electron chi connectivity index (χ0n) is 14.3. The van der Waals surface area contributed by atoms with Crippen molar-refractivity contribution >= 4 is 30.0 Å². The second-order valence-corrected chi connectivity index (χ2v) is 5.78. The summed E-state index contributed by atoms with van der Waals surface area (Å²) >= 11 is 0. The van der Waals surface area contributed by atoms with Crippen LogP contribution in [0.25, 0.3) is 17.8 Å². The third-order valence-corrected chi connectivity index (χ3v) is 3.96. The molecule has 0 radical (unpaired) electrons. The Balaban J connectivity index is 1.81. The molecule has 0 aliphatic heterocycles. The van der Waals surface area contributed by atoms with Gasteiger partial charge in [-0.05, 0) is 30.2 Å². The van der Waals surface area contributed by atoms with E-state index < -0.39 is 0 Å². The van der Waals surface area contributed by atoms with Gasteiger partial charge in [-0.2, -0.15) is 9.50 Å². The highest BCUT2D eigenvalue weighted by molar-refractivity contribution is 5.82. The molecule has 0 atom stereocenters. The Kier molecular flexibility index (Phi) is 4.61. The highest BCUT2D eigenvalue weighted by Crippen LogP contribution is 2.10. The van der Waals surface area contributed by atoms with E-state index >= 15 is 0 Å². The van der Waals surface area contributed by atoms with Crippen molar-refractivity contribution in [3.05, 3.63) is 71.2 Å². The van der Waals surface area contributed by atoms with Crippen LogP contribution in [0.3, 0.4) is 0 Å². The Labute approximate surface area is 146 Å². The van der Waals surface area contributed by atoms with Crippen LogP contribution in [0.5, 0.6) is 0 Å². The summed E-state index contributed by atoms with van der Waals surface area (Å²) in [7, 11) is 2.07. The van der Waals surface area contributed by atoms with Crippen LogP contribution in [0, 0.1) is 6.92 Å². The third kappa shape index (κ3) is 3.74. The molecular formula is C19H21N6+. The van der Waals surface area contributed by atoms with E-state index in [0.717, 1.165) is 22.5 Å². The lowest BCUT2D eigenvalue weighted by Gasteiger charge is -1.95. The van der Waals surface area contributed by atoms with Gasteiger partial charge in [0.05, 0.1) is 13.3 Å². The maximum absolute atomic E-state index is 5.23. The SMILES string of the molecule is Cc1cccc2n1cc(/C=C/c1ccc(/C=N/N=C(N)N)cc1)[n+]2C. The van der Waals surface area contributed by atoms with Crippen molar-refractivity contribution in [1.82, 2.24) is 4.40 Å². The van der Waals surface area contributed by atoms with Gasteiger partial charge in [-0.3, -0.25) is 0 Å². The maximum atomic E-state index is 5.23. The van der Waals surface area contributed by atoms with Crippen molar-refractivity contribution in [2.75, 3.05) is 0 Å². The van der Waals surface area contributed by atoms with Gasteiger partial charge in [-0.15, -0.1) is 5.10 Å². The predicted molar refractivity (Wildman–Crippen MR) is 102 cm³/mol. The number of aromatic nitrogens is 2. The summed E-state index contributed by atoms with van der Waals surface area (Å²) in [6.07, 6.45) is 7.93. The second kappa shape index (κ2) is 7.00. The van der Waals surface area contributed by atoms with Crippen molar-refractivity contribution in [2.45, 2.75) is 6.92 Å². The number of fused-ring (bicyclic) bond motifs is 1. The number of nitrogens with zero attached hydrogens (tertiary/aromatic N) is 4. The van der Waals surface area contributed by atoms with E-state index in [9.17, 15) is 0 Å². The van der Waals surface area contributed by atoms with Crippen LogP contribution in [0.2, 0.25) is 0 Å². The number of guanidine groups is 1. The third-order valence-electron chi connectivity index (χ3n) is 3.96. The molecule has 0 unspecified atom stereocenters. The minimum Gasteiger partial charge on any atom is -0.369 e. The molecule has 0 fully saturated rings. The molecule has 0 bridgehead atoms. The van der Waals surface area contributed by atoms with Gasteiger partial charge in [0.2, 0.25) is 5.96 Å². The molecule has 1 aromatic carbocycles. The van der Waals surface area contributed by atoms with Crippen LogP contribution < -0.4 is 16.0 Å². The molecule has 0 spiro atoms. The first-order chi connectivity index (χ1) is 12.0. The summed E-state index contributed by atoms with van der Waals surface area (Å²) in [5.41, 5.74) is 16.0. The first-order valence-electron chi connectivity index (χ1n) is 7.91. The summed E-state index contributed by atoms with van der Waals surface area (Å²) in [6, 6.07) is 14.2. The van der Waals surface area contributed by atoms with Crippen LogP contribution in [-0.2, 0) is 7.05 Å². The summed E-state index contributed by atoms with van der Waals surface area (Å²) in [4.78, 5) is 0. The quantitative estimate of drug-likeness (QED) is 0.330. The van der Waals surface area contributed by atoms with Crippen LogP contribution in [-0.4, -0.2) is 16.6 Å². The van der Waals surface area contributed by atoms with Gasteiger partial charge >= 0.3 is 0 Å². The standard InChI is InChI=1S/C19H21N6/c1-14-4-3-5-18-24(2)17(13-25(14)18)11-10-15-6-8-16(9-7-15)12-22-23-19(20)21/h3-13H,1-2H3,(H4,20,21,23)/q+1/b11-10+,22-12+. The van der Waals surface area contributed by atoms with E-state index in [2.05, 4.69) is 69.7 Å². The molecule has 0 amide bonds. The number of benzene rings is 1. The highest BCUT2D eigenvalue weighted by atomic mass is 15.3. The minimum atomic E-state index is -0.0566. The fraction of sp³-hybridized carbons (Fsp3) is 0.105. The number of rotatable bonds is 4. The predicted octanol–water partition coefficient (Wildman–Crippen LogP) is 1.85. The van der Waals surface area contributed by atoms with Gasteiger partial charge < -0.3 is 11.5 Å². The molecule has 3 rings (SSSR count). The number of nitrogens with two attached hydrogens (primary N) is 2. The molecule has 0 aliphatic rings. The summed E-state index contributed by atoms with van der Waals surface area (Å²) in [5.74, 6) is -0.0566. The minimum absolute atomic E-state index is 0.0566. The Morgan fingerprint density at radius 1 is 1.04 bits per heavy atom. The van der Waals surface area contributed by atoms with E-state index in [1.54, 1.807) is 6.21 Å². The van der Waals surface area contributed by atoms with Crippen molar-refractivity contribution in [1.29, 1.82) is 0 Å². The first kappa shape index (κ1) is 16.4. The average Bonchev–Trinajstić information content (AvgIpc) is 2.92. The number of pyridine rings is 1. The first-order valence-corrected chi connectivity index (χ1v) is 7.91. The fourth-order valence-electron chi connectivity index (χ4n) is 2.60. The monoisotopic (exact) mass is 333 g/mol. The van der Waals surface area contributed by atoms with E-state index in [4.69, 9.17) is 11.5 Å². The molecule has 25 heavy (non-hydrogen) atoms. The molecule has 126 valence electrons. The zero-order valence-corrected chi connectivity index (χ0v) is 14.3. The van der Waals surface area contributed by atoms with Gasteiger partial charge in [-0.1, -0.05) is 36.4 Å². The van der Waals surface area contributed by atoms with Crippen molar-refractivity contribution in [3.8, 4) is 0 Å². The largest absolute Gasteiger partial charge is 0.369 e. The van der Waals surface area contributed by atoms with E-state index in [-0.39, 0.29) is 5.96 Å². The average molecular weight is 333 g/mol. The van der Waals surface area contributed by atoms with Gasteiger partial charge in [0.1, 0.15) is 11.9 Å². The Morgan fingerprint density at radius 3 is 2.44 bits per heavy atom. The summed E-state index contributed by atoms with van der Waals surface area (Å²) in [5, 5.41) is 7.38. The molecular weight excluding hydrogens is 312 g/mol. The number of hydrogen-bond acceptors (Lipinski definition) is 2. The molecule has 6 heteroatoms. The summed E-state index contributed by atoms with van der Waals surface area (Å²) < 4.78 is 4.35. The summed E-state index contributed by atoms with van der Waals surface area (Å²) in [6.45, 7) is 2.10. The Bertz CT molecular complexity index is 973. The number of aryl methyl sites for hydroxylation is 2. The lowest BCUT2D eigenvalue weighted by Crippen LogP contribution is -2.29. The lowest BCUT2D eigenvalue weighted by atomic mass is 10.1. The molecule has 0 aliphatic carbocycles. The van der Waals surface area contributed by atoms with Crippen LogP contribution in [0.1, 0.15) is 22.5 Å². The van der Waals surface area contributed by atoms with Gasteiger partial charge in [-0.25, -0.2) is 4.57 Å². The topological polar surface area (TPSA) is 85.0 Å². The highest BCUT2D eigenvalue weighted by Gasteiger charge is 2.12. The van der Waals surface area contributed by atoms with Crippen molar-refractivity contribution < 1.29 is 4.57 Å². The maximum Gasteiger partial charge on any atom is 0.286 e. The van der Waals surface area contributed by atoms with Crippen LogP contribution in [0.4, 0.5) is 0 Å². The molecule has 0 saturated heterocycles. The van der Waals surface area contributed by atoms with Gasteiger partial charge in [0, 0.05) is 6.07 Å². The second-order valence-electron chi connectivity index (χ2n) is 5.78. The lowest BCUT2D eigenvalue weighted by molar-refractivity contribution is -0.646. The molecule has 4 N–H and O–H groups in total. The Hall–Kier alpha value is -3.41. The zero-order chi connectivity index (χ0) is 17.8. The fourth-order valence-corrected chi connectivity index (χ4v) is 2.60.